The SMILES string of the molecule is CNC(=O)Oc1ccc2c(c1)[C@@]1(C)CCN(C)C1N2C. The van der Waals surface area contributed by atoms with Crippen molar-refractivity contribution < 1.29 is 9.53 Å². The van der Waals surface area contributed by atoms with Gasteiger partial charge in [-0.25, -0.2) is 4.79 Å². The highest BCUT2D eigenvalue weighted by Gasteiger charge is 2.52. The number of likely N-dealkylation sites (N-methyl/N-ethyl adjacent to an activating group) is 2. The molecule has 2 aliphatic rings. The molecule has 3 rings (SSSR count). The van der Waals surface area contributed by atoms with Gasteiger partial charge in [0.25, 0.3) is 0 Å². The maximum atomic E-state index is 11.4. The number of likely N-dealkylation sites (tertiary alicyclic amines) is 1. The fourth-order valence-electron chi connectivity index (χ4n) is 3.78. The minimum Gasteiger partial charge on any atom is -0.410 e. The van der Waals surface area contributed by atoms with Crippen LogP contribution >= 0.6 is 0 Å². The van der Waals surface area contributed by atoms with Crippen LogP contribution in [0.25, 0.3) is 0 Å². The van der Waals surface area contributed by atoms with Gasteiger partial charge in [0.15, 0.2) is 0 Å². The Morgan fingerprint density at radius 2 is 2.20 bits per heavy atom. The van der Waals surface area contributed by atoms with E-state index in [0.29, 0.717) is 11.9 Å². The Morgan fingerprint density at radius 3 is 2.90 bits per heavy atom. The lowest BCUT2D eigenvalue weighted by Crippen LogP contribution is -2.45. The zero-order valence-corrected chi connectivity index (χ0v) is 12.4. The molecular formula is C15H21N3O2. The molecule has 2 aliphatic heterocycles. The van der Waals surface area contributed by atoms with Gasteiger partial charge in [0.2, 0.25) is 0 Å². The van der Waals surface area contributed by atoms with Gasteiger partial charge in [-0.3, -0.25) is 4.90 Å². The largest absolute Gasteiger partial charge is 0.412 e. The molecule has 0 radical (unpaired) electrons. The van der Waals surface area contributed by atoms with Crippen molar-refractivity contribution in [3.8, 4) is 5.75 Å². The monoisotopic (exact) mass is 275 g/mol. The second-order valence-corrected chi connectivity index (χ2v) is 5.95. The van der Waals surface area contributed by atoms with Gasteiger partial charge in [0.1, 0.15) is 5.75 Å². The van der Waals surface area contributed by atoms with Crippen LogP contribution in [0, 0.1) is 0 Å². The van der Waals surface area contributed by atoms with E-state index >= 15 is 0 Å². The van der Waals surface area contributed by atoms with Crippen molar-refractivity contribution in [3.63, 3.8) is 0 Å². The number of ether oxygens (including phenoxy) is 1. The van der Waals surface area contributed by atoms with E-state index in [4.69, 9.17) is 4.74 Å². The molecule has 0 bridgehead atoms. The fourth-order valence-corrected chi connectivity index (χ4v) is 3.78. The maximum Gasteiger partial charge on any atom is 0.412 e. The van der Waals surface area contributed by atoms with Gasteiger partial charge >= 0.3 is 6.09 Å². The number of benzene rings is 1. The van der Waals surface area contributed by atoms with E-state index in [9.17, 15) is 4.79 Å². The Labute approximate surface area is 119 Å². The molecule has 1 unspecified atom stereocenters. The number of hydrogen-bond acceptors (Lipinski definition) is 4. The Morgan fingerprint density at radius 1 is 1.45 bits per heavy atom. The summed E-state index contributed by atoms with van der Waals surface area (Å²) in [6.45, 7) is 3.39. The highest BCUT2D eigenvalue weighted by Crippen LogP contribution is 2.51. The van der Waals surface area contributed by atoms with E-state index in [-0.39, 0.29) is 5.41 Å². The Hall–Kier alpha value is -1.75. The lowest BCUT2D eigenvalue weighted by Gasteiger charge is -2.32. The van der Waals surface area contributed by atoms with Crippen LogP contribution in [-0.4, -0.2) is 44.8 Å². The molecule has 0 spiro atoms. The first-order chi connectivity index (χ1) is 9.47. The van der Waals surface area contributed by atoms with Crippen LogP contribution in [-0.2, 0) is 5.41 Å². The normalized spacial score (nSPS) is 28.2. The van der Waals surface area contributed by atoms with Crippen molar-refractivity contribution in [2.45, 2.75) is 24.9 Å². The second kappa shape index (κ2) is 4.38. The molecule has 1 aromatic carbocycles. The summed E-state index contributed by atoms with van der Waals surface area (Å²) in [7, 11) is 5.86. The van der Waals surface area contributed by atoms with Gasteiger partial charge in [0, 0.05) is 31.7 Å². The van der Waals surface area contributed by atoms with Gasteiger partial charge in [-0.05, 0) is 37.2 Å². The quantitative estimate of drug-likeness (QED) is 0.848. The van der Waals surface area contributed by atoms with Crippen molar-refractivity contribution in [1.29, 1.82) is 0 Å². The topological polar surface area (TPSA) is 44.8 Å². The van der Waals surface area contributed by atoms with E-state index < -0.39 is 6.09 Å². The predicted octanol–water partition coefficient (Wildman–Crippen LogP) is 1.77. The lowest BCUT2D eigenvalue weighted by molar-refractivity contribution is 0.203. The zero-order valence-electron chi connectivity index (χ0n) is 12.4. The van der Waals surface area contributed by atoms with Crippen LogP contribution in [0.3, 0.4) is 0 Å². The minimum atomic E-state index is -0.429. The molecule has 1 aromatic rings. The summed E-state index contributed by atoms with van der Waals surface area (Å²) in [5.74, 6) is 0.605. The Kier molecular flexibility index (Phi) is 2.90. The van der Waals surface area contributed by atoms with Crippen molar-refractivity contribution in [3.05, 3.63) is 23.8 Å². The summed E-state index contributed by atoms with van der Waals surface area (Å²) < 4.78 is 5.26. The first-order valence-corrected chi connectivity index (χ1v) is 6.94. The smallest absolute Gasteiger partial charge is 0.410 e. The van der Waals surface area contributed by atoms with Crippen molar-refractivity contribution in [1.82, 2.24) is 10.2 Å². The van der Waals surface area contributed by atoms with Crippen LogP contribution in [0.4, 0.5) is 10.5 Å². The summed E-state index contributed by atoms with van der Waals surface area (Å²) in [6, 6.07) is 5.92. The summed E-state index contributed by atoms with van der Waals surface area (Å²) in [6.07, 6.45) is 1.07. The Balaban J connectivity index is 2.00. The average molecular weight is 275 g/mol. The third kappa shape index (κ3) is 1.69. The maximum absolute atomic E-state index is 11.4. The number of carbonyl (C=O) groups excluding carboxylic acids is 1. The highest BCUT2D eigenvalue weighted by atomic mass is 16.5. The third-order valence-electron chi connectivity index (χ3n) is 4.72. The fraction of sp³-hybridized carbons (Fsp3) is 0.533. The molecule has 2 heterocycles. The number of hydrogen-bond donors (Lipinski definition) is 1. The second-order valence-electron chi connectivity index (χ2n) is 5.95. The van der Waals surface area contributed by atoms with E-state index in [1.165, 1.54) is 11.3 Å². The molecule has 1 saturated heterocycles. The summed E-state index contributed by atoms with van der Waals surface area (Å²) in [4.78, 5) is 16.1. The van der Waals surface area contributed by atoms with Crippen LogP contribution in [0.15, 0.2) is 18.2 Å². The number of fused-ring (bicyclic) bond motifs is 3. The Bertz CT molecular complexity index is 560. The van der Waals surface area contributed by atoms with Crippen LogP contribution in [0.1, 0.15) is 18.9 Å². The van der Waals surface area contributed by atoms with E-state index in [2.05, 4.69) is 36.1 Å². The molecule has 2 atom stereocenters. The molecule has 1 fully saturated rings. The van der Waals surface area contributed by atoms with Gasteiger partial charge in [-0.1, -0.05) is 6.92 Å². The number of anilines is 1. The van der Waals surface area contributed by atoms with E-state index in [1.54, 1.807) is 7.05 Å². The van der Waals surface area contributed by atoms with E-state index in [0.717, 1.165) is 13.0 Å². The number of carbonyl (C=O) groups is 1. The third-order valence-corrected chi connectivity index (χ3v) is 4.72. The first-order valence-electron chi connectivity index (χ1n) is 6.94. The number of amides is 1. The summed E-state index contributed by atoms with van der Waals surface area (Å²) in [5.41, 5.74) is 2.60. The molecule has 0 aromatic heterocycles. The summed E-state index contributed by atoms with van der Waals surface area (Å²) in [5, 5.41) is 2.47. The molecule has 1 amide bonds. The van der Waals surface area contributed by atoms with Crippen molar-refractivity contribution >= 4 is 11.8 Å². The number of nitrogens with zero attached hydrogens (tertiary/aromatic N) is 2. The average Bonchev–Trinajstić information content (AvgIpc) is 2.85. The minimum absolute atomic E-state index is 0.0981. The molecule has 0 aliphatic carbocycles. The highest BCUT2D eigenvalue weighted by molar-refractivity contribution is 5.72. The van der Waals surface area contributed by atoms with Crippen molar-refractivity contribution in [2.75, 3.05) is 32.6 Å². The molecule has 0 saturated carbocycles. The van der Waals surface area contributed by atoms with Gasteiger partial charge in [0.05, 0.1) is 6.17 Å². The lowest BCUT2D eigenvalue weighted by atomic mass is 9.81. The molecule has 5 nitrogen and oxygen atoms in total. The van der Waals surface area contributed by atoms with E-state index in [1.807, 2.05) is 18.2 Å². The molecule has 1 N–H and O–H groups in total. The molecular weight excluding hydrogens is 254 g/mol. The van der Waals surface area contributed by atoms with Crippen LogP contribution < -0.4 is 15.0 Å². The first kappa shape index (κ1) is 13.2. The summed E-state index contributed by atoms with van der Waals surface area (Å²) >= 11 is 0. The zero-order chi connectivity index (χ0) is 14.5. The van der Waals surface area contributed by atoms with Gasteiger partial charge in [-0.2, -0.15) is 0 Å². The molecule has 5 heteroatoms. The molecule has 108 valence electrons. The van der Waals surface area contributed by atoms with Crippen molar-refractivity contribution in [2.24, 2.45) is 0 Å². The number of nitrogens with one attached hydrogen (secondary N) is 1. The van der Waals surface area contributed by atoms with Gasteiger partial charge < -0.3 is 15.0 Å². The van der Waals surface area contributed by atoms with Gasteiger partial charge in [-0.15, -0.1) is 0 Å². The standard InChI is InChI=1S/C15H21N3O2/c1-15-7-8-17(3)13(15)18(4)12-6-5-10(9-11(12)15)20-14(19)16-2/h5-6,9,13H,7-8H2,1-4H3,(H,16,19)/t13?,15-/m1/s1. The van der Waals surface area contributed by atoms with Crippen LogP contribution in [0.2, 0.25) is 0 Å². The molecule has 20 heavy (non-hydrogen) atoms. The van der Waals surface area contributed by atoms with Crippen LogP contribution in [0.5, 0.6) is 5.75 Å². The number of rotatable bonds is 1. The predicted molar refractivity (Wildman–Crippen MR) is 78.3 cm³/mol.